The molecular weight excluding hydrogens is 288 g/mol. The first-order chi connectivity index (χ1) is 10.0. The van der Waals surface area contributed by atoms with Gasteiger partial charge in [0.05, 0.1) is 26.7 Å². The van der Waals surface area contributed by atoms with Crippen LogP contribution in [0.25, 0.3) is 0 Å². The molecule has 0 bridgehead atoms. The predicted molar refractivity (Wildman–Crippen MR) is 82.7 cm³/mol. The van der Waals surface area contributed by atoms with Crippen LogP contribution in [0.4, 0.5) is 0 Å². The third-order valence-electron chi connectivity index (χ3n) is 3.90. The van der Waals surface area contributed by atoms with Gasteiger partial charge < -0.3 is 14.6 Å². The smallest absolute Gasteiger partial charge is 0.306 e. The maximum atomic E-state index is 11.5. The molecule has 1 unspecified atom stereocenters. The van der Waals surface area contributed by atoms with Crippen molar-refractivity contribution in [2.45, 2.75) is 37.2 Å². The minimum Gasteiger partial charge on any atom is -0.496 e. The number of thioether (sulfide) groups is 1. The summed E-state index contributed by atoms with van der Waals surface area (Å²) in [6, 6.07) is 5.77. The van der Waals surface area contributed by atoms with Gasteiger partial charge in [-0.1, -0.05) is 6.07 Å². The number of hydrogen-bond donors (Lipinski definition) is 1. The summed E-state index contributed by atoms with van der Waals surface area (Å²) in [5, 5.41) is 9.98. The first-order valence-corrected chi connectivity index (χ1v) is 8.04. The number of aliphatic hydroxyl groups excluding tert-OH is 1. The second kappa shape index (κ2) is 6.71. The van der Waals surface area contributed by atoms with Gasteiger partial charge in [0, 0.05) is 16.2 Å². The number of aliphatic hydroxyl groups is 1. The molecule has 0 radical (unpaired) electrons. The SMILES string of the molecule is COC(=O)CC1(CSc2cccc(OC)c2C(C)O)CC1. The number of methoxy groups -OCH3 is 2. The molecule has 0 saturated heterocycles. The lowest BCUT2D eigenvalue weighted by Gasteiger charge is -2.18. The van der Waals surface area contributed by atoms with Gasteiger partial charge in [-0.15, -0.1) is 11.8 Å². The van der Waals surface area contributed by atoms with Crippen molar-refractivity contribution >= 4 is 17.7 Å². The average Bonchev–Trinajstić information content (AvgIpc) is 3.24. The molecule has 0 heterocycles. The zero-order valence-corrected chi connectivity index (χ0v) is 13.5. The molecule has 1 saturated carbocycles. The van der Waals surface area contributed by atoms with Crippen molar-refractivity contribution in [3.63, 3.8) is 0 Å². The highest BCUT2D eigenvalue weighted by Gasteiger charge is 2.44. The Kier molecular flexibility index (Phi) is 5.17. The molecule has 1 aromatic carbocycles. The van der Waals surface area contributed by atoms with Gasteiger partial charge in [-0.05, 0) is 37.3 Å². The van der Waals surface area contributed by atoms with Crippen LogP contribution in [0.3, 0.4) is 0 Å². The van der Waals surface area contributed by atoms with Crippen molar-refractivity contribution in [2.75, 3.05) is 20.0 Å². The molecule has 1 aliphatic carbocycles. The Morgan fingerprint density at radius 3 is 2.67 bits per heavy atom. The summed E-state index contributed by atoms with van der Waals surface area (Å²) in [5.74, 6) is 1.41. The third-order valence-corrected chi connectivity index (χ3v) is 5.33. The second-order valence-electron chi connectivity index (χ2n) is 5.59. The molecule has 1 N–H and O–H groups in total. The highest BCUT2D eigenvalue weighted by molar-refractivity contribution is 7.99. The fourth-order valence-electron chi connectivity index (χ4n) is 2.40. The number of hydrogen-bond acceptors (Lipinski definition) is 5. The standard InChI is InChI=1S/C16H22O4S/c1-11(17)15-12(19-2)5-4-6-13(15)21-10-16(7-8-16)9-14(18)20-3/h4-6,11,17H,7-10H2,1-3H3. The van der Waals surface area contributed by atoms with Crippen LogP contribution >= 0.6 is 11.8 Å². The first-order valence-electron chi connectivity index (χ1n) is 7.06. The summed E-state index contributed by atoms with van der Waals surface area (Å²) in [6.07, 6.45) is 2.01. The van der Waals surface area contributed by atoms with Crippen LogP contribution in [0.2, 0.25) is 0 Å². The Balaban J connectivity index is 2.08. The molecule has 0 aromatic heterocycles. The highest BCUT2D eigenvalue weighted by Crippen LogP contribution is 2.52. The van der Waals surface area contributed by atoms with E-state index in [0.717, 1.165) is 29.1 Å². The lowest BCUT2D eigenvalue weighted by Crippen LogP contribution is -2.13. The van der Waals surface area contributed by atoms with Crippen LogP contribution in [0.15, 0.2) is 23.1 Å². The zero-order chi connectivity index (χ0) is 15.5. The van der Waals surface area contributed by atoms with E-state index in [4.69, 9.17) is 9.47 Å². The number of carbonyl (C=O) groups excluding carboxylic acids is 1. The van der Waals surface area contributed by atoms with E-state index in [1.54, 1.807) is 25.8 Å². The quantitative estimate of drug-likeness (QED) is 0.619. The number of carbonyl (C=O) groups is 1. The molecule has 1 aliphatic rings. The lowest BCUT2D eigenvalue weighted by molar-refractivity contribution is -0.141. The van der Waals surface area contributed by atoms with E-state index in [0.29, 0.717) is 12.2 Å². The maximum absolute atomic E-state index is 11.5. The van der Waals surface area contributed by atoms with Gasteiger partial charge in [-0.25, -0.2) is 0 Å². The number of esters is 1. The minimum absolute atomic E-state index is 0.0663. The molecule has 0 amide bonds. The van der Waals surface area contributed by atoms with Gasteiger partial charge in [-0.2, -0.15) is 0 Å². The van der Waals surface area contributed by atoms with E-state index in [2.05, 4.69) is 0 Å². The van der Waals surface area contributed by atoms with Crippen LogP contribution < -0.4 is 4.74 Å². The number of benzene rings is 1. The van der Waals surface area contributed by atoms with Gasteiger partial charge in [0.1, 0.15) is 5.75 Å². The van der Waals surface area contributed by atoms with E-state index in [9.17, 15) is 9.90 Å². The summed E-state index contributed by atoms with van der Waals surface area (Å²) in [5.41, 5.74) is 0.885. The first kappa shape index (κ1) is 16.2. The minimum atomic E-state index is -0.584. The van der Waals surface area contributed by atoms with Gasteiger partial charge in [0.15, 0.2) is 0 Å². The van der Waals surface area contributed by atoms with Crippen LogP contribution in [0, 0.1) is 5.41 Å². The molecule has 1 aromatic rings. The van der Waals surface area contributed by atoms with Gasteiger partial charge in [-0.3, -0.25) is 4.79 Å². The van der Waals surface area contributed by atoms with Crippen molar-refractivity contribution in [1.29, 1.82) is 0 Å². The number of rotatable bonds is 7. The second-order valence-corrected chi connectivity index (χ2v) is 6.61. The number of ether oxygens (including phenoxy) is 2. The van der Waals surface area contributed by atoms with Gasteiger partial charge in [0.2, 0.25) is 0 Å². The monoisotopic (exact) mass is 310 g/mol. The molecule has 1 atom stereocenters. The summed E-state index contributed by atoms with van der Waals surface area (Å²) in [4.78, 5) is 12.5. The van der Waals surface area contributed by atoms with Crippen LogP contribution in [0.5, 0.6) is 5.75 Å². The molecule has 4 nitrogen and oxygen atoms in total. The predicted octanol–water partition coefficient (Wildman–Crippen LogP) is 3.18. The van der Waals surface area contributed by atoms with Crippen molar-refractivity contribution < 1.29 is 19.4 Å². The molecule has 5 heteroatoms. The van der Waals surface area contributed by atoms with Crippen molar-refractivity contribution in [1.82, 2.24) is 0 Å². The van der Waals surface area contributed by atoms with Crippen LogP contribution in [-0.4, -0.2) is 31.0 Å². The molecule has 1 fully saturated rings. The van der Waals surface area contributed by atoms with Crippen molar-refractivity contribution in [3.8, 4) is 5.75 Å². The molecule has 21 heavy (non-hydrogen) atoms. The Labute approximate surface area is 129 Å². The molecule has 0 spiro atoms. The van der Waals surface area contributed by atoms with Gasteiger partial charge >= 0.3 is 5.97 Å². The summed E-state index contributed by atoms with van der Waals surface area (Å²) < 4.78 is 10.1. The van der Waals surface area contributed by atoms with Crippen molar-refractivity contribution in [2.24, 2.45) is 5.41 Å². The summed E-state index contributed by atoms with van der Waals surface area (Å²) >= 11 is 1.68. The Hall–Kier alpha value is -1.20. The van der Waals surface area contributed by atoms with Crippen molar-refractivity contribution in [3.05, 3.63) is 23.8 Å². The van der Waals surface area contributed by atoms with E-state index >= 15 is 0 Å². The molecule has 2 rings (SSSR count). The zero-order valence-electron chi connectivity index (χ0n) is 12.7. The normalized spacial score (nSPS) is 17.1. The average molecular weight is 310 g/mol. The van der Waals surface area contributed by atoms with E-state index in [-0.39, 0.29) is 11.4 Å². The fourth-order valence-corrected chi connectivity index (χ4v) is 3.85. The molecular formula is C16H22O4S. The summed E-state index contributed by atoms with van der Waals surface area (Å²) in [6.45, 7) is 1.74. The lowest BCUT2D eigenvalue weighted by atomic mass is 10.1. The van der Waals surface area contributed by atoms with Crippen LogP contribution in [-0.2, 0) is 9.53 Å². The highest BCUT2D eigenvalue weighted by atomic mass is 32.2. The van der Waals surface area contributed by atoms with E-state index < -0.39 is 6.10 Å². The topological polar surface area (TPSA) is 55.8 Å². The summed E-state index contributed by atoms with van der Waals surface area (Å²) in [7, 11) is 3.04. The van der Waals surface area contributed by atoms with Crippen LogP contribution in [0.1, 0.15) is 37.9 Å². The Morgan fingerprint density at radius 2 is 2.14 bits per heavy atom. The van der Waals surface area contributed by atoms with E-state index in [1.807, 2.05) is 18.2 Å². The molecule has 0 aliphatic heterocycles. The maximum Gasteiger partial charge on any atom is 0.306 e. The Bertz CT molecular complexity index is 509. The van der Waals surface area contributed by atoms with Gasteiger partial charge in [0.25, 0.3) is 0 Å². The van der Waals surface area contributed by atoms with E-state index in [1.165, 1.54) is 7.11 Å². The fraction of sp³-hybridized carbons (Fsp3) is 0.562. The largest absolute Gasteiger partial charge is 0.496 e. The molecule has 116 valence electrons. The Morgan fingerprint density at radius 1 is 1.43 bits per heavy atom. The third kappa shape index (κ3) is 3.92.